The molecule has 0 fully saturated rings. The van der Waals surface area contributed by atoms with Crippen molar-refractivity contribution in [3.05, 3.63) is 66.0 Å². The highest BCUT2D eigenvalue weighted by Crippen LogP contribution is 2.18. The minimum atomic E-state index is -0.485. The number of hydrogen-bond acceptors (Lipinski definition) is 6. The molecule has 0 radical (unpaired) electrons. The van der Waals surface area contributed by atoms with E-state index in [0.29, 0.717) is 22.5 Å². The molecule has 0 spiro atoms. The first-order valence-electron chi connectivity index (χ1n) is 7.60. The van der Waals surface area contributed by atoms with E-state index in [0.717, 1.165) is 0 Å². The summed E-state index contributed by atoms with van der Waals surface area (Å²) in [5, 5.41) is 13.7. The number of benzene rings is 2. The number of amides is 1. The summed E-state index contributed by atoms with van der Waals surface area (Å²) in [6.45, 7) is 1.98. The lowest BCUT2D eigenvalue weighted by atomic mass is 10.1. The van der Waals surface area contributed by atoms with E-state index in [2.05, 4.69) is 20.8 Å². The fraction of sp³-hybridized carbons (Fsp3) is 0.118. The standard InChI is InChI=1S/C17H15N5O3/c1-2-25-17(24)14-8-3-4-9-15(14)19-16(23)12-6-5-7-13(10-12)22-11-18-20-21-22/h3-11H,2H2,1H3,(H,19,23). The molecule has 1 amide bonds. The first-order valence-corrected chi connectivity index (χ1v) is 7.60. The summed E-state index contributed by atoms with van der Waals surface area (Å²) in [7, 11) is 0. The summed E-state index contributed by atoms with van der Waals surface area (Å²) >= 11 is 0. The summed E-state index contributed by atoms with van der Waals surface area (Å²) in [6.07, 6.45) is 1.44. The minimum Gasteiger partial charge on any atom is -0.462 e. The fourth-order valence-corrected chi connectivity index (χ4v) is 2.24. The Bertz CT molecular complexity index is 893. The zero-order valence-corrected chi connectivity index (χ0v) is 13.4. The third-order valence-corrected chi connectivity index (χ3v) is 3.39. The van der Waals surface area contributed by atoms with Crippen LogP contribution in [0.15, 0.2) is 54.9 Å². The smallest absolute Gasteiger partial charge is 0.340 e. The van der Waals surface area contributed by atoms with Gasteiger partial charge in [-0.3, -0.25) is 4.79 Å². The molecule has 0 saturated carbocycles. The molecule has 0 bridgehead atoms. The van der Waals surface area contributed by atoms with Gasteiger partial charge in [-0.1, -0.05) is 18.2 Å². The Kier molecular flexibility index (Phi) is 4.79. The Morgan fingerprint density at radius 1 is 1.16 bits per heavy atom. The molecule has 126 valence electrons. The Morgan fingerprint density at radius 3 is 2.76 bits per heavy atom. The number of rotatable bonds is 5. The van der Waals surface area contributed by atoms with Crippen molar-refractivity contribution in [2.75, 3.05) is 11.9 Å². The topological polar surface area (TPSA) is 99.0 Å². The molecule has 3 rings (SSSR count). The van der Waals surface area contributed by atoms with Gasteiger partial charge in [0.25, 0.3) is 5.91 Å². The highest BCUT2D eigenvalue weighted by atomic mass is 16.5. The van der Waals surface area contributed by atoms with Gasteiger partial charge in [0.15, 0.2) is 0 Å². The van der Waals surface area contributed by atoms with E-state index in [4.69, 9.17) is 4.74 Å². The second-order valence-electron chi connectivity index (χ2n) is 5.02. The van der Waals surface area contributed by atoms with Gasteiger partial charge in [0.2, 0.25) is 0 Å². The van der Waals surface area contributed by atoms with Crippen molar-refractivity contribution >= 4 is 17.6 Å². The van der Waals surface area contributed by atoms with Crippen LogP contribution < -0.4 is 5.32 Å². The van der Waals surface area contributed by atoms with E-state index in [1.807, 2.05) is 0 Å². The van der Waals surface area contributed by atoms with Crippen LogP contribution in [-0.4, -0.2) is 38.7 Å². The summed E-state index contributed by atoms with van der Waals surface area (Å²) in [4.78, 5) is 24.5. The number of tetrazole rings is 1. The Labute approximate surface area is 143 Å². The van der Waals surface area contributed by atoms with Crippen LogP contribution in [0.4, 0.5) is 5.69 Å². The van der Waals surface area contributed by atoms with E-state index in [9.17, 15) is 9.59 Å². The Hall–Kier alpha value is -3.55. The van der Waals surface area contributed by atoms with Crippen LogP contribution >= 0.6 is 0 Å². The predicted octanol–water partition coefficient (Wildman–Crippen LogP) is 2.09. The highest BCUT2D eigenvalue weighted by molar-refractivity contribution is 6.08. The van der Waals surface area contributed by atoms with Crippen LogP contribution in [-0.2, 0) is 4.74 Å². The second kappa shape index (κ2) is 7.35. The maximum Gasteiger partial charge on any atom is 0.340 e. The molecule has 1 N–H and O–H groups in total. The molecule has 0 saturated heterocycles. The number of nitrogens with one attached hydrogen (secondary N) is 1. The maximum absolute atomic E-state index is 12.5. The average molecular weight is 337 g/mol. The van der Waals surface area contributed by atoms with Gasteiger partial charge >= 0.3 is 5.97 Å². The van der Waals surface area contributed by atoms with Crippen LogP contribution in [0.2, 0.25) is 0 Å². The van der Waals surface area contributed by atoms with Crippen LogP contribution in [0.3, 0.4) is 0 Å². The molecule has 0 aliphatic rings. The molecule has 25 heavy (non-hydrogen) atoms. The van der Waals surface area contributed by atoms with Gasteiger partial charge in [-0.05, 0) is 47.7 Å². The van der Waals surface area contributed by atoms with Gasteiger partial charge in [0.05, 0.1) is 23.5 Å². The predicted molar refractivity (Wildman–Crippen MR) is 89.5 cm³/mol. The van der Waals surface area contributed by atoms with Crippen LogP contribution in [0.25, 0.3) is 5.69 Å². The molecular formula is C17H15N5O3. The molecule has 0 unspecified atom stereocenters. The third-order valence-electron chi connectivity index (χ3n) is 3.39. The van der Waals surface area contributed by atoms with Gasteiger partial charge in [-0.15, -0.1) is 5.10 Å². The minimum absolute atomic E-state index is 0.259. The largest absolute Gasteiger partial charge is 0.462 e. The average Bonchev–Trinajstić information content (AvgIpc) is 3.17. The molecule has 1 heterocycles. The van der Waals surface area contributed by atoms with Gasteiger partial charge in [0, 0.05) is 5.56 Å². The fourth-order valence-electron chi connectivity index (χ4n) is 2.24. The van der Waals surface area contributed by atoms with Crippen molar-refractivity contribution in [1.29, 1.82) is 0 Å². The number of para-hydroxylation sites is 1. The quantitative estimate of drug-likeness (QED) is 0.716. The highest BCUT2D eigenvalue weighted by Gasteiger charge is 2.15. The molecule has 3 aromatic rings. The molecule has 0 atom stereocenters. The number of hydrogen-bond donors (Lipinski definition) is 1. The lowest BCUT2D eigenvalue weighted by molar-refractivity contribution is 0.0527. The molecule has 0 aliphatic heterocycles. The first kappa shape index (κ1) is 16.3. The summed E-state index contributed by atoms with van der Waals surface area (Å²) < 4.78 is 6.46. The van der Waals surface area contributed by atoms with E-state index in [1.165, 1.54) is 11.0 Å². The van der Waals surface area contributed by atoms with Crippen molar-refractivity contribution in [3.63, 3.8) is 0 Å². The number of anilines is 1. The SMILES string of the molecule is CCOC(=O)c1ccccc1NC(=O)c1cccc(-n2cnnn2)c1. The van der Waals surface area contributed by atoms with Crippen molar-refractivity contribution in [1.82, 2.24) is 20.2 Å². The third kappa shape index (κ3) is 3.69. The molecule has 0 aliphatic carbocycles. The van der Waals surface area contributed by atoms with Crippen molar-refractivity contribution in [2.45, 2.75) is 6.92 Å². The van der Waals surface area contributed by atoms with Crippen LogP contribution in [0.1, 0.15) is 27.6 Å². The summed E-state index contributed by atoms with van der Waals surface area (Å²) in [6, 6.07) is 13.5. The van der Waals surface area contributed by atoms with Crippen LogP contribution in [0.5, 0.6) is 0 Å². The van der Waals surface area contributed by atoms with Gasteiger partial charge in [-0.2, -0.15) is 0 Å². The summed E-state index contributed by atoms with van der Waals surface area (Å²) in [5.41, 5.74) is 1.75. The van der Waals surface area contributed by atoms with Gasteiger partial charge in [0.1, 0.15) is 6.33 Å². The Morgan fingerprint density at radius 2 is 2.00 bits per heavy atom. The lowest BCUT2D eigenvalue weighted by Crippen LogP contribution is -2.16. The van der Waals surface area contributed by atoms with Gasteiger partial charge in [-0.25, -0.2) is 9.48 Å². The summed E-state index contributed by atoms with van der Waals surface area (Å²) in [5.74, 6) is -0.840. The molecule has 2 aromatic carbocycles. The number of carbonyl (C=O) groups excluding carboxylic acids is 2. The maximum atomic E-state index is 12.5. The van der Waals surface area contributed by atoms with Crippen LogP contribution in [0, 0.1) is 0 Å². The Balaban J connectivity index is 1.84. The number of carbonyl (C=O) groups is 2. The van der Waals surface area contributed by atoms with E-state index in [-0.39, 0.29) is 12.5 Å². The van der Waals surface area contributed by atoms with E-state index < -0.39 is 5.97 Å². The molecular weight excluding hydrogens is 322 g/mol. The molecule has 1 aromatic heterocycles. The second-order valence-corrected chi connectivity index (χ2v) is 5.02. The zero-order valence-electron chi connectivity index (χ0n) is 13.4. The van der Waals surface area contributed by atoms with E-state index in [1.54, 1.807) is 55.5 Å². The van der Waals surface area contributed by atoms with Crippen molar-refractivity contribution in [3.8, 4) is 5.69 Å². The normalized spacial score (nSPS) is 10.3. The zero-order chi connectivity index (χ0) is 17.6. The number of esters is 1. The van der Waals surface area contributed by atoms with Crippen molar-refractivity contribution < 1.29 is 14.3 Å². The lowest BCUT2D eigenvalue weighted by Gasteiger charge is -2.11. The first-order chi connectivity index (χ1) is 12.2. The van der Waals surface area contributed by atoms with E-state index >= 15 is 0 Å². The monoisotopic (exact) mass is 337 g/mol. The molecule has 8 heteroatoms. The van der Waals surface area contributed by atoms with Gasteiger partial charge < -0.3 is 10.1 Å². The van der Waals surface area contributed by atoms with Crippen molar-refractivity contribution in [2.24, 2.45) is 0 Å². The molecule has 8 nitrogen and oxygen atoms in total. The number of ether oxygens (including phenoxy) is 1. The number of aromatic nitrogens is 4. The number of nitrogens with zero attached hydrogens (tertiary/aromatic N) is 4.